The van der Waals surface area contributed by atoms with E-state index in [2.05, 4.69) is 10.6 Å². The van der Waals surface area contributed by atoms with Gasteiger partial charge in [0.25, 0.3) is 0 Å². The van der Waals surface area contributed by atoms with Gasteiger partial charge in [-0.25, -0.2) is 4.79 Å². The van der Waals surface area contributed by atoms with Crippen LogP contribution in [-0.2, 0) is 11.3 Å². The van der Waals surface area contributed by atoms with Crippen molar-refractivity contribution in [1.82, 2.24) is 10.6 Å². The Balaban J connectivity index is 2.34. The van der Waals surface area contributed by atoms with E-state index in [9.17, 15) is 9.59 Å². The number of amides is 2. The van der Waals surface area contributed by atoms with Crippen LogP contribution in [0.25, 0.3) is 0 Å². The summed E-state index contributed by atoms with van der Waals surface area (Å²) >= 11 is 0. The third-order valence-corrected chi connectivity index (χ3v) is 3.11. The van der Waals surface area contributed by atoms with Crippen LogP contribution in [0.5, 0.6) is 5.75 Å². The molecule has 6 nitrogen and oxygen atoms in total. The zero-order valence-electron chi connectivity index (χ0n) is 12.4. The second kappa shape index (κ2) is 8.84. The molecule has 0 fully saturated rings. The van der Waals surface area contributed by atoms with Gasteiger partial charge in [-0.05, 0) is 24.1 Å². The van der Waals surface area contributed by atoms with Gasteiger partial charge in [-0.15, -0.1) is 0 Å². The number of hydrogen-bond acceptors (Lipinski definition) is 3. The highest BCUT2D eigenvalue weighted by atomic mass is 16.5. The molecule has 1 unspecified atom stereocenters. The molecule has 1 aromatic carbocycles. The number of benzene rings is 1. The van der Waals surface area contributed by atoms with Crippen LogP contribution in [0.4, 0.5) is 4.79 Å². The van der Waals surface area contributed by atoms with Crippen molar-refractivity contribution >= 4 is 12.0 Å². The molecule has 0 aliphatic carbocycles. The first-order valence-corrected chi connectivity index (χ1v) is 6.94. The molecule has 1 atom stereocenters. The van der Waals surface area contributed by atoms with Crippen LogP contribution in [0, 0.1) is 5.92 Å². The first-order valence-electron chi connectivity index (χ1n) is 6.94. The number of carbonyl (C=O) groups is 2. The average Bonchev–Trinajstić information content (AvgIpc) is 2.49. The van der Waals surface area contributed by atoms with Gasteiger partial charge in [0.1, 0.15) is 5.75 Å². The van der Waals surface area contributed by atoms with Gasteiger partial charge < -0.3 is 20.5 Å². The van der Waals surface area contributed by atoms with E-state index in [0.29, 0.717) is 13.0 Å². The second-order valence-corrected chi connectivity index (χ2v) is 4.74. The van der Waals surface area contributed by atoms with Gasteiger partial charge in [0, 0.05) is 13.1 Å². The minimum Gasteiger partial charge on any atom is -0.497 e. The van der Waals surface area contributed by atoms with Crippen LogP contribution in [0.1, 0.15) is 25.3 Å². The van der Waals surface area contributed by atoms with E-state index in [-0.39, 0.29) is 12.6 Å². The van der Waals surface area contributed by atoms with E-state index in [1.807, 2.05) is 31.2 Å². The highest BCUT2D eigenvalue weighted by Crippen LogP contribution is 2.10. The summed E-state index contributed by atoms with van der Waals surface area (Å²) in [6.45, 7) is 2.43. The van der Waals surface area contributed by atoms with Crippen LogP contribution < -0.4 is 15.4 Å². The maximum absolute atomic E-state index is 11.6. The Morgan fingerprint density at radius 2 is 1.90 bits per heavy atom. The zero-order valence-corrected chi connectivity index (χ0v) is 12.4. The van der Waals surface area contributed by atoms with Crippen LogP contribution in [0.2, 0.25) is 0 Å². The smallest absolute Gasteiger partial charge is 0.315 e. The van der Waals surface area contributed by atoms with Crippen molar-refractivity contribution < 1.29 is 19.4 Å². The highest BCUT2D eigenvalue weighted by Gasteiger charge is 2.16. The minimum absolute atomic E-state index is 0.137. The predicted molar refractivity (Wildman–Crippen MR) is 79.3 cm³/mol. The summed E-state index contributed by atoms with van der Waals surface area (Å²) < 4.78 is 5.05. The average molecular weight is 294 g/mol. The molecule has 1 rings (SSSR count). The lowest BCUT2D eigenvalue weighted by Crippen LogP contribution is -2.39. The van der Waals surface area contributed by atoms with Gasteiger partial charge in [0.15, 0.2) is 0 Å². The van der Waals surface area contributed by atoms with E-state index in [1.165, 1.54) is 0 Å². The van der Waals surface area contributed by atoms with E-state index >= 15 is 0 Å². The Hall–Kier alpha value is -2.24. The Morgan fingerprint density at radius 1 is 1.24 bits per heavy atom. The van der Waals surface area contributed by atoms with Crippen molar-refractivity contribution in [2.24, 2.45) is 5.92 Å². The van der Waals surface area contributed by atoms with Gasteiger partial charge in [-0.1, -0.05) is 25.5 Å². The number of rotatable bonds is 8. The monoisotopic (exact) mass is 294 g/mol. The van der Waals surface area contributed by atoms with Gasteiger partial charge in [-0.2, -0.15) is 0 Å². The lowest BCUT2D eigenvalue weighted by atomic mass is 10.0. The molecule has 0 spiro atoms. The number of carboxylic acids is 1. The maximum atomic E-state index is 11.6. The van der Waals surface area contributed by atoms with E-state index in [1.54, 1.807) is 7.11 Å². The fourth-order valence-electron chi connectivity index (χ4n) is 1.87. The number of urea groups is 1. The molecule has 21 heavy (non-hydrogen) atoms. The van der Waals surface area contributed by atoms with E-state index in [4.69, 9.17) is 9.84 Å². The topological polar surface area (TPSA) is 87.7 Å². The summed E-state index contributed by atoms with van der Waals surface area (Å²) in [5.74, 6) is -0.666. The fourth-order valence-corrected chi connectivity index (χ4v) is 1.87. The molecule has 0 radical (unpaired) electrons. The summed E-state index contributed by atoms with van der Waals surface area (Å²) in [6.07, 6.45) is 1.32. The molecule has 0 aliphatic rings. The van der Waals surface area contributed by atoms with Crippen LogP contribution in [0.15, 0.2) is 24.3 Å². The molecular formula is C15H22N2O4. The van der Waals surface area contributed by atoms with Crippen LogP contribution >= 0.6 is 0 Å². The third kappa shape index (κ3) is 6.16. The molecule has 3 N–H and O–H groups in total. The second-order valence-electron chi connectivity index (χ2n) is 4.74. The molecule has 0 saturated carbocycles. The number of carboxylic acid groups (broad SMARTS) is 1. The Labute approximate surface area is 124 Å². The van der Waals surface area contributed by atoms with E-state index < -0.39 is 11.9 Å². The summed E-state index contributed by atoms with van der Waals surface area (Å²) in [5.41, 5.74) is 0.939. The fraction of sp³-hybridized carbons (Fsp3) is 0.467. The Morgan fingerprint density at radius 3 is 2.43 bits per heavy atom. The molecule has 0 bridgehead atoms. The maximum Gasteiger partial charge on any atom is 0.315 e. The van der Waals surface area contributed by atoms with Crippen molar-refractivity contribution in [1.29, 1.82) is 0 Å². The molecule has 116 valence electrons. The molecule has 0 heterocycles. The van der Waals surface area contributed by atoms with Crippen molar-refractivity contribution in [3.05, 3.63) is 29.8 Å². The number of aliphatic carboxylic acids is 1. The molecule has 0 saturated heterocycles. The number of ether oxygens (including phenoxy) is 1. The van der Waals surface area contributed by atoms with E-state index in [0.717, 1.165) is 17.7 Å². The van der Waals surface area contributed by atoms with Crippen LogP contribution in [-0.4, -0.2) is 30.8 Å². The number of nitrogens with one attached hydrogen (secondary N) is 2. The lowest BCUT2D eigenvalue weighted by molar-refractivity contribution is -0.141. The molecule has 1 aromatic rings. The van der Waals surface area contributed by atoms with Gasteiger partial charge >= 0.3 is 12.0 Å². The lowest BCUT2D eigenvalue weighted by Gasteiger charge is -2.13. The number of methoxy groups -OCH3 is 1. The van der Waals surface area contributed by atoms with Crippen molar-refractivity contribution in [2.45, 2.75) is 26.3 Å². The third-order valence-electron chi connectivity index (χ3n) is 3.11. The van der Waals surface area contributed by atoms with Crippen molar-refractivity contribution in [3.63, 3.8) is 0 Å². The molecule has 0 aromatic heterocycles. The summed E-state index contributed by atoms with van der Waals surface area (Å²) in [5, 5.41) is 14.3. The molecule has 2 amide bonds. The first kappa shape index (κ1) is 16.8. The normalized spacial score (nSPS) is 11.5. The quantitative estimate of drug-likeness (QED) is 0.684. The van der Waals surface area contributed by atoms with Crippen LogP contribution in [0.3, 0.4) is 0 Å². The van der Waals surface area contributed by atoms with Gasteiger partial charge in [-0.3, -0.25) is 4.79 Å². The Kier molecular flexibility index (Phi) is 7.08. The number of carbonyl (C=O) groups excluding carboxylic acids is 1. The zero-order chi connectivity index (χ0) is 15.7. The van der Waals surface area contributed by atoms with Gasteiger partial charge in [0.05, 0.1) is 13.0 Å². The van der Waals surface area contributed by atoms with Crippen molar-refractivity contribution in [2.75, 3.05) is 13.7 Å². The van der Waals surface area contributed by atoms with Crippen molar-refractivity contribution in [3.8, 4) is 5.75 Å². The van der Waals surface area contributed by atoms with Gasteiger partial charge in [0.2, 0.25) is 0 Å². The largest absolute Gasteiger partial charge is 0.497 e. The molecule has 0 aliphatic heterocycles. The summed E-state index contributed by atoms with van der Waals surface area (Å²) in [4.78, 5) is 22.6. The first-order chi connectivity index (χ1) is 10.1. The predicted octanol–water partition coefficient (Wildman–Crippen LogP) is 2.00. The number of hydrogen-bond donors (Lipinski definition) is 3. The Bertz CT molecular complexity index is 459. The molecule has 6 heteroatoms. The SMILES string of the molecule is CCCC(CNC(=O)NCc1ccc(OC)cc1)C(=O)O. The summed E-state index contributed by atoms with van der Waals surface area (Å²) in [6, 6.07) is 6.98. The standard InChI is InChI=1S/C15H22N2O4/c1-3-4-12(14(18)19)10-17-15(20)16-9-11-5-7-13(21-2)8-6-11/h5-8,12H,3-4,9-10H2,1-2H3,(H,18,19)(H2,16,17,20). The minimum atomic E-state index is -0.882. The molecular weight excluding hydrogens is 272 g/mol. The highest BCUT2D eigenvalue weighted by molar-refractivity contribution is 5.75. The summed E-state index contributed by atoms with van der Waals surface area (Å²) in [7, 11) is 1.59.